The lowest BCUT2D eigenvalue weighted by Crippen LogP contribution is -2.44. The lowest BCUT2D eigenvalue weighted by molar-refractivity contribution is 0.0607. The van der Waals surface area contributed by atoms with E-state index in [0.717, 1.165) is 52.2 Å². The molecule has 1 saturated heterocycles. The third kappa shape index (κ3) is 2.76. The number of carbonyl (C=O) groups is 1. The molecule has 23 heavy (non-hydrogen) atoms. The molecular formula is C17H22N4OS. The van der Waals surface area contributed by atoms with E-state index >= 15 is 0 Å². The van der Waals surface area contributed by atoms with Crippen molar-refractivity contribution in [3.8, 4) is 0 Å². The molecule has 2 aromatic rings. The maximum absolute atomic E-state index is 13.1. The highest BCUT2D eigenvalue weighted by molar-refractivity contribution is 7.13. The molecule has 1 unspecified atom stereocenters. The Morgan fingerprint density at radius 1 is 1.17 bits per heavy atom. The summed E-state index contributed by atoms with van der Waals surface area (Å²) >= 11 is 1.47. The Balaban J connectivity index is 2.02. The lowest BCUT2D eigenvalue weighted by Gasteiger charge is -2.34. The molecule has 0 N–H and O–H groups in total. The first-order valence-electron chi connectivity index (χ1n) is 7.90. The predicted octanol–water partition coefficient (Wildman–Crippen LogP) is 3.32. The molecule has 1 atom stereocenters. The average Bonchev–Trinajstić information content (AvgIpc) is 3.01. The zero-order valence-corrected chi connectivity index (χ0v) is 15.1. The van der Waals surface area contributed by atoms with Crippen LogP contribution >= 0.6 is 11.3 Å². The first-order chi connectivity index (χ1) is 10.8. The summed E-state index contributed by atoms with van der Waals surface area (Å²) in [6.45, 7) is 10.6. The van der Waals surface area contributed by atoms with Crippen molar-refractivity contribution in [2.75, 3.05) is 6.54 Å². The molecular weight excluding hydrogens is 308 g/mol. The van der Waals surface area contributed by atoms with Gasteiger partial charge < -0.3 is 4.90 Å². The Bertz CT molecular complexity index is 750. The van der Waals surface area contributed by atoms with Gasteiger partial charge in [-0.3, -0.25) is 4.79 Å². The summed E-state index contributed by atoms with van der Waals surface area (Å²) in [4.78, 5) is 29.4. The van der Waals surface area contributed by atoms with Gasteiger partial charge in [0, 0.05) is 17.9 Å². The first-order valence-corrected chi connectivity index (χ1v) is 8.71. The molecule has 0 radical (unpaired) electrons. The van der Waals surface area contributed by atoms with Crippen molar-refractivity contribution >= 4 is 17.2 Å². The molecule has 6 heteroatoms. The van der Waals surface area contributed by atoms with Crippen molar-refractivity contribution in [2.24, 2.45) is 0 Å². The highest BCUT2D eigenvalue weighted by Crippen LogP contribution is 2.38. The third-order valence-electron chi connectivity index (χ3n) is 4.45. The van der Waals surface area contributed by atoms with Crippen molar-refractivity contribution in [3.05, 3.63) is 38.9 Å². The number of amides is 1. The molecule has 2 aromatic heterocycles. The zero-order valence-electron chi connectivity index (χ0n) is 14.3. The third-order valence-corrected chi connectivity index (χ3v) is 5.51. The second-order valence-corrected chi connectivity index (χ2v) is 7.66. The largest absolute Gasteiger partial charge is 0.325 e. The van der Waals surface area contributed by atoms with Gasteiger partial charge in [0.2, 0.25) is 0 Å². The van der Waals surface area contributed by atoms with Crippen LogP contribution in [0.15, 0.2) is 6.07 Å². The van der Waals surface area contributed by atoms with Crippen LogP contribution in [0.25, 0.3) is 0 Å². The summed E-state index contributed by atoms with van der Waals surface area (Å²) in [7, 11) is 0. The summed E-state index contributed by atoms with van der Waals surface area (Å²) < 4.78 is 0. The number of nitrogens with zero attached hydrogens (tertiary/aromatic N) is 4. The molecule has 0 spiro atoms. The van der Waals surface area contributed by atoms with Crippen molar-refractivity contribution in [1.29, 1.82) is 0 Å². The summed E-state index contributed by atoms with van der Waals surface area (Å²) in [6, 6.07) is 1.96. The molecule has 0 bridgehead atoms. The maximum atomic E-state index is 13.1. The van der Waals surface area contributed by atoms with E-state index in [4.69, 9.17) is 0 Å². The Kier molecular flexibility index (Phi) is 3.96. The Morgan fingerprint density at radius 3 is 2.39 bits per heavy atom. The normalized spacial score (nSPS) is 21.0. The van der Waals surface area contributed by atoms with Crippen molar-refractivity contribution in [2.45, 2.75) is 53.0 Å². The highest BCUT2D eigenvalue weighted by Gasteiger charge is 2.44. The van der Waals surface area contributed by atoms with Crippen LogP contribution in [0.3, 0.4) is 0 Å². The molecule has 1 aliphatic rings. The number of aromatic nitrogens is 3. The van der Waals surface area contributed by atoms with Crippen LogP contribution in [0.2, 0.25) is 0 Å². The quantitative estimate of drug-likeness (QED) is 0.847. The molecule has 1 amide bonds. The topological polar surface area (TPSA) is 59.0 Å². The van der Waals surface area contributed by atoms with Crippen molar-refractivity contribution < 1.29 is 4.79 Å². The van der Waals surface area contributed by atoms with Gasteiger partial charge in [-0.05, 0) is 53.5 Å². The molecule has 0 saturated carbocycles. The maximum Gasteiger partial charge on any atom is 0.266 e. The van der Waals surface area contributed by atoms with E-state index in [0.29, 0.717) is 0 Å². The van der Waals surface area contributed by atoms with Crippen LogP contribution in [0.4, 0.5) is 0 Å². The number of hydrogen-bond acceptors (Lipinski definition) is 5. The van der Waals surface area contributed by atoms with Crippen LogP contribution in [-0.2, 0) is 5.54 Å². The van der Waals surface area contributed by atoms with Crippen LogP contribution in [0.5, 0.6) is 0 Å². The van der Waals surface area contributed by atoms with E-state index in [1.54, 1.807) is 0 Å². The molecule has 0 aromatic carbocycles. The number of aryl methyl sites for hydroxylation is 4. The summed E-state index contributed by atoms with van der Waals surface area (Å²) in [5.74, 6) is 0.801. The van der Waals surface area contributed by atoms with Crippen LogP contribution in [0.1, 0.15) is 57.4 Å². The Morgan fingerprint density at radius 2 is 1.83 bits per heavy atom. The fourth-order valence-corrected chi connectivity index (χ4v) is 4.21. The molecule has 3 rings (SSSR count). The fraction of sp³-hybridized carbons (Fsp3) is 0.529. The zero-order chi connectivity index (χ0) is 16.8. The predicted molar refractivity (Wildman–Crippen MR) is 90.7 cm³/mol. The van der Waals surface area contributed by atoms with E-state index in [1.165, 1.54) is 11.3 Å². The minimum absolute atomic E-state index is 0.0517. The molecule has 1 aliphatic heterocycles. The molecule has 1 fully saturated rings. The van der Waals surface area contributed by atoms with Gasteiger partial charge in [0.25, 0.3) is 5.91 Å². The summed E-state index contributed by atoms with van der Waals surface area (Å²) in [5, 5.41) is 0.925. The Labute approximate surface area is 140 Å². The van der Waals surface area contributed by atoms with Crippen LogP contribution in [-0.4, -0.2) is 32.3 Å². The van der Waals surface area contributed by atoms with Crippen molar-refractivity contribution in [1.82, 2.24) is 19.9 Å². The van der Waals surface area contributed by atoms with E-state index in [-0.39, 0.29) is 5.91 Å². The van der Waals surface area contributed by atoms with Gasteiger partial charge in [0.15, 0.2) is 5.82 Å². The summed E-state index contributed by atoms with van der Waals surface area (Å²) in [6.07, 6.45) is 1.86. The minimum Gasteiger partial charge on any atom is -0.325 e. The second-order valence-electron chi connectivity index (χ2n) is 6.46. The molecule has 122 valence electrons. The van der Waals surface area contributed by atoms with Gasteiger partial charge in [-0.2, -0.15) is 0 Å². The van der Waals surface area contributed by atoms with Gasteiger partial charge in [-0.1, -0.05) is 0 Å². The van der Waals surface area contributed by atoms with Crippen LogP contribution in [0, 0.1) is 27.7 Å². The van der Waals surface area contributed by atoms with Gasteiger partial charge in [-0.25, -0.2) is 15.0 Å². The summed E-state index contributed by atoms with van der Waals surface area (Å²) in [5.41, 5.74) is 2.25. The number of likely N-dealkylation sites (tertiary alicyclic amines) is 1. The Hall–Kier alpha value is -1.82. The van der Waals surface area contributed by atoms with E-state index in [9.17, 15) is 4.79 Å². The number of rotatable bonds is 2. The standard InChI is InChI=1S/C17H22N4OS/c1-10-9-11(2)19-16(18-10)17(5)7-6-8-21(17)15(22)14-12(3)20-13(4)23-14/h9H,6-8H2,1-5H3. The SMILES string of the molecule is Cc1cc(C)nc(C2(C)CCCN2C(=O)c2sc(C)nc2C)n1. The molecule has 0 aliphatic carbocycles. The smallest absolute Gasteiger partial charge is 0.266 e. The average molecular weight is 330 g/mol. The fourth-order valence-electron chi connectivity index (χ4n) is 3.34. The molecule has 3 heterocycles. The first kappa shape index (κ1) is 16.1. The lowest BCUT2D eigenvalue weighted by atomic mass is 9.97. The van der Waals surface area contributed by atoms with E-state index < -0.39 is 5.54 Å². The van der Waals surface area contributed by atoms with Crippen LogP contribution < -0.4 is 0 Å². The number of hydrogen-bond donors (Lipinski definition) is 0. The van der Waals surface area contributed by atoms with Gasteiger partial charge in [0.05, 0.1) is 10.7 Å². The van der Waals surface area contributed by atoms with Gasteiger partial charge >= 0.3 is 0 Å². The minimum atomic E-state index is -0.446. The van der Waals surface area contributed by atoms with Gasteiger partial charge in [0.1, 0.15) is 10.4 Å². The monoisotopic (exact) mass is 330 g/mol. The number of carbonyl (C=O) groups excluding carboxylic acids is 1. The van der Waals surface area contributed by atoms with E-state index in [1.807, 2.05) is 38.7 Å². The van der Waals surface area contributed by atoms with E-state index in [2.05, 4.69) is 21.9 Å². The van der Waals surface area contributed by atoms with Crippen molar-refractivity contribution in [3.63, 3.8) is 0 Å². The molecule has 5 nitrogen and oxygen atoms in total. The highest BCUT2D eigenvalue weighted by atomic mass is 32.1. The second kappa shape index (κ2) is 5.67. The number of thiazole rings is 1. The van der Waals surface area contributed by atoms with Gasteiger partial charge in [-0.15, -0.1) is 11.3 Å².